The quantitative estimate of drug-likeness (QED) is 0.339. The number of rotatable bonds is 4. The van der Waals surface area contributed by atoms with Crippen molar-refractivity contribution < 1.29 is 19.5 Å². The normalized spacial score (nSPS) is 26.3. The minimum atomic E-state index is -0.933. The Morgan fingerprint density at radius 1 is 1.38 bits per heavy atom. The third-order valence-electron chi connectivity index (χ3n) is 4.49. The number of hydrogen-bond donors (Lipinski definition) is 2. The Bertz CT molecular complexity index is 388. The summed E-state index contributed by atoms with van der Waals surface area (Å²) in [5, 5.41) is 12.1. The third-order valence-corrected chi connectivity index (χ3v) is 4.49. The second kappa shape index (κ2) is 7.09. The molecular formula is C14H25N3O4. The molecule has 0 aromatic carbocycles. The number of hydrogen-bond acceptors (Lipinski definition) is 5. The number of nitrogens with zero attached hydrogens (tertiary/aromatic N) is 2. The summed E-state index contributed by atoms with van der Waals surface area (Å²) in [7, 11) is 1.78. The van der Waals surface area contributed by atoms with Crippen LogP contribution in [0.25, 0.3) is 0 Å². The van der Waals surface area contributed by atoms with Gasteiger partial charge in [-0.05, 0) is 31.6 Å². The van der Waals surface area contributed by atoms with Crippen LogP contribution in [-0.2, 0) is 14.3 Å². The van der Waals surface area contributed by atoms with Crippen molar-refractivity contribution in [1.29, 1.82) is 0 Å². The zero-order chi connectivity index (χ0) is 15.3. The van der Waals surface area contributed by atoms with E-state index in [2.05, 4.69) is 5.16 Å². The maximum atomic E-state index is 12.9. The summed E-state index contributed by atoms with van der Waals surface area (Å²) in [5.41, 5.74) is 4.89. The second-order valence-electron chi connectivity index (χ2n) is 5.95. The fourth-order valence-electron chi connectivity index (χ4n) is 3.18. The lowest BCUT2D eigenvalue weighted by Gasteiger charge is -2.38. The van der Waals surface area contributed by atoms with Crippen molar-refractivity contribution in [2.45, 2.75) is 25.7 Å². The average Bonchev–Trinajstić information content (AvgIpc) is 2.54. The van der Waals surface area contributed by atoms with E-state index >= 15 is 0 Å². The molecule has 2 heterocycles. The highest BCUT2D eigenvalue weighted by atomic mass is 16.5. The summed E-state index contributed by atoms with van der Waals surface area (Å²) in [5.74, 6) is 0.256. The predicted molar refractivity (Wildman–Crippen MR) is 77.1 cm³/mol. The van der Waals surface area contributed by atoms with Crippen LogP contribution in [0.15, 0.2) is 5.16 Å². The number of carbonyl (C=O) groups excluding carboxylic acids is 1. The van der Waals surface area contributed by atoms with E-state index in [0.29, 0.717) is 45.1 Å². The molecule has 0 aromatic rings. The van der Waals surface area contributed by atoms with E-state index in [1.54, 1.807) is 11.9 Å². The molecule has 1 atom stereocenters. The van der Waals surface area contributed by atoms with Gasteiger partial charge in [-0.1, -0.05) is 5.16 Å². The van der Waals surface area contributed by atoms with Gasteiger partial charge in [0.25, 0.3) is 0 Å². The first-order chi connectivity index (χ1) is 10.1. The fraction of sp³-hybridized carbons (Fsp3) is 0.857. The van der Waals surface area contributed by atoms with Crippen LogP contribution in [0.5, 0.6) is 0 Å². The van der Waals surface area contributed by atoms with Crippen LogP contribution in [0.1, 0.15) is 25.7 Å². The predicted octanol–water partition coefficient (Wildman–Crippen LogP) is 0.415. The molecule has 1 amide bonds. The van der Waals surface area contributed by atoms with Crippen molar-refractivity contribution in [3.05, 3.63) is 0 Å². The molecule has 2 aliphatic heterocycles. The first-order valence-corrected chi connectivity index (χ1v) is 7.49. The molecular weight excluding hydrogens is 274 g/mol. The van der Waals surface area contributed by atoms with Gasteiger partial charge in [-0.2, -0.15) is 0 Å². The summed E-state index contributed by atoms with van der Waals surface area (Å²) < 4.78 is 10.8. The third kappa shape index (κ3) is 3.47. The van der Waals surface area contributed by atoms with Crippen molar-refractivity contribution >= 4 is 11.7 Å². The summed E-state index contributed by atoms with van der Waals surface area (Å²) in [6.45, 7) is 3.03. The molecule has 21 heavy (non-hydrogen) atoms. The molecule has 0 bridgehead atoms. The van der Waals surface area contributed by atoms with Gasteiger partial charge in [0, 0.05) is 33.4 Å². The second-order valence-corrected chi connectivity index (χ2v) is 5.95. The van der Waals surface area contributed by atoms with Gasteiger partial charge in [0.15, 0.2) is 5.84 Å². The van der Waals surface area contributed by atoms with Crippen molar-refractivity contribution in [3.63, 3.8) is 0 Å². The molecule has 2 rings (SSSR count). The van der Waals surface area contributed by atoms with Gasteiger partial charge in [0.2, 0.25) is 5.91 Å². The Morgan fingerprint density at radius 2 is 2.10 bits per heavy atom. The number of nitrogens with two attached hydrogens (primary N) is 1. The lowest BCUT2D eigenvalue weighted by atomic mass is 9.77. The van der Waals surface area contributed by atoms with E-state index in [1.165, 1.54) is 0 Å². The highest BCUT2D eigenvalue weighted by molar-refractivity contribution is 6.06. The van der Waals surface area contributed by atoms with E-state index in [4.69, 9.17) is 20.4 Å². The molecule has 120 valence electrons. The van der Waals surface area contributed by atoms with E-state index < -0.39 is 5.41 Å². The molecule has 0 aliphatic carbocycles. The average molecular weight is 299 g/mol. The topological polar surface area (TPSA) is 97.4 Å². The highest BCUT2D eigenvalue weighted by Crippen LogP contribution is 2.33. The van der Waals surface area contributed by atoms with Gasteiger partial charge in [-0.15, -0.1) is 0 Å². The molecule has 7 nitrogen and oxygen atoms in total. The maximum absolute atomic E-state index is 12.9. The number of amidine groups is 1. The lowest BCUT2D eigenvalue weighted by Crippen LogP contribution is -2.54. The van der Waals surface area contributed by atoms with Crippen LogP contribution in [-0.4, -0.2) is 61.9 Å². The molecule has 0 radical (unpaired) electrons. The number of amides is 1. The summed E-state index contributed by atoms with van der Waals surface area (Å²) in [6.07, 6.45) is 3.00. The van der Waals surface area contributed by atoms with Gasteiger partial charge in [-0.3, -0.25) is 4.79 Å². The first kappa shape index (κ1) is 16.0. The van der Waals surface area contributed by atoms with E-state index in [0.717, 1.165) is 19.4 Å². The first-order valence-electron chi connectivity index (χ1n) is 7.49. The number of carbonyl (C=O) groups is 1. The number of oxime groups is 1. The highest BCUT2D eigenvalue weighted by Gasteiger charge is 2.46. The van der Waals surface area contributed by atoms with Crippen molar-refractivity contribution in [3.8, 4) is 0 Å². The molecule has 7 heteroatoms. The molecule has 0 spiro atoms. The summed E-state index contributed by atoms with van der Waals surface area (Å²) in [6, 6.07) is 0. The van der Waals surface area contributed by atoms with Crippen LogP contribution in [0.2, 0.25) is 0 Å². The Hall–Kier alpha value is -1.34. The van der Waals surface area contributed by atoms with Crippen molar-refractivity contribution in [1.82, 2.24) is 4.90 Å². The van der Waals surface area contributed by atoms with Crippen LogP contribution < -0.4 is 5.73 Å². The van der Waals surface area contributed by atoms with E-state index in [9.17, 15) is 4.79 Å². The zero-order valence-electron chi connectivity index (χ0n) is 12.6. The Balaban J connectivity index is 2.06. The summed E-state index contributed by atoms with van der Waals surface area (Å²) in [4.78, 5) is 14.5. The zero-order valence-corrected chi connectivity index (χ0v) is 12.6. The molecule has 0 aromatic heterocycles. The molecule has 1 unspecified atom stereocenters. The Morgan fingerprint density at radius 3 is 2.67 bits per heavy atom. The minimum absolute atomic E-state index is 0.0115. The SMILES string of the molecule is CN(CC1CCCOC1)C(=O)C1(C(N)=NO)CCOCC1. The van der Waals surface area contributed by atoms with E-state index in [-0.39, 0.29) is 11.7 Å². The Labute approximate surface area is 125 Å². The van der Waals surface area contributed by atoms with Crippen LogP contribution in [0.4, 0.5) is 0 Å². The number of ether oxygens (including phenoxy) is 2. The van der Waals surface area contributed by atoms with Gasteiger partial charge >= 0.3 is 0 Å². The fourth-order valence-corrected chi connectivity index (χ4v) is 3.18. The molecule has 3 N–H and O–H groups in total. The van der Waals surface area contributed by atoms with Gasteiger partial charge in [-0.25, -0.2) is 0 Å². The van der Waals surface area contributed by atoms with Crippen LogP contribution >= 0.6 is 0 Å². The van der Waals surface area contributed by atoms with Crippen molar-refractivity contribution in [2.75, 3.05) is 40.0 Å². The molecule has 2 saturated heterocycles. The van der Waals surface area contributed by atoms with Crippen molar-refractivity contribution in [2.24, 2.45) is 22.2 Å². The molecule has 0 saturated carbocycles. The van der Waals surface area contributed by atoms with Crippen LogP contribution in [0.3, 0.4) is 0 Å². The summed E-state index contributed by atoms with van der Waals surface area (Å²) >= 11 is 0. The maximum Gasteiger partial charge on any atom is 0.236 e. The minimum Gasteiger partial charge on any atom is -0.409 e. The Kier molecular flexibility index (Phi) is 5.41. The van der Waals surface area contributed by atoms with E-state index in [1.807, 2.05) is 0 Å². The van der Waals surface area contributed by atoms with Gasteiger partial charge in [0.1, 0.15) is 5.41 Å². The smallest absolute Gasteiger partial charge is 0.236 e. The van der Waals surface area contributed by atoms with Crippen LogP contribution in [0, 0.1) is 11.3 Å². The molecule has 2 aliphatic rings. The standard InChI is InChI=1S/C14H25N3O4/c1-17(9-11-3-2-6-21-10-11)13(18)14(12(15)16-19)4-7-20-8-5-14/h11,19H,2-10H2,1H3,(H2,15,16). The molecule has 2 fully saturated rings. The van der Waals surface area contributed by atoms with Gasteiger partial charge in [0.05, 0.1) is 6.61 Å². The lowest BCUT2D eigenvalue weighted by molar-refractivity contribution is -0.142. The van der Waals surface area contributed by atoms with Gasteiger partial charge < -0.3 is 25.3 Å². The monoisotopic (exact) mass is 299 g/mol. The largest absolute Gasteiger partial charge is 0.409 e.